The highest BCUT2D eigenvalue weighted by atomic mass is 32.2. The number of carbonyl (C=O) groups excluding carboxylic acids is 1. The van der Waals surface area contributed by atoms with E-state index >= 15 is 0 Å². The van der Waals surface area contributed by atoms with Crippen molar-refractivity contribution in [1.29, 1.82) is 0 Å². The maximum Gasteiger partial charge on any atom is 0.376 e. The first-order chi connectivity index (χ1) is 16.8. The Morgan fingerprint density at radius 2 is 1.77 bits per heavy atom. The second-order valence-corrected chi connectivity index (χ2v) is 9.03. The average molecular weight is 491 g/mol. The third kappa shape index (κ3) is 3.84. The van der Waals surface area contributed by atoms with Crippen molar-refractivity contribution >= 4 is 32.8 Å². The van der Waals surface area contributed by atoms with E-state index in [1.54, 1.807) is 19.2 Å². The number of carbonyl (C=O) groups is 1. The summed E-state index contributed by atoms with van der Waals surface area (Å²) in [5.41, 5.74) is 1.34. The maximum absolute atomic E-state index is 13.8. The van der Waals surface area contributed by atoms with Crippen LogP contribution in [-0.4, -0.2) is 45.1 Å². The number of nitrogens with zero attached hydrogens (tertiary/aromatic N) is 5. The number of rotatable bonds is 5. The molecule has 5 rings (SSSR count). The average Bonchev–Trinajstić information content (AvgIpc) is 3.24. The number of ether oxygens (including phenoxy) is 1. The van der Waals surface area contributed by atoms with Crippen molar-refractivity contribution in [1.82, 2.24) is 24.1 Å². The van der Waals surface area contributed by atoms with Crippen LogP contribution in [0.15, 0.2) is 76.6 Å². The van der Waals surface area contributed by atoms with E-state index in [1.165, 1.54) is 28.9 Å². The molecule has 35 heavy (non-hydrogen) atoms. The number of sulfonamides is 1. The second kappa shape index (κ2) is 8.42. The van der Waals surface area contributed by atoms with Crippen LogP contribution in [-0.2, 0) is 14.8 Å². The van der Waals surface area contributed by atoms with Crippen molar-refractivity contribution in [2.24, 2.45) is 5.14 Å². The van der Waals surface area contributed by atoms with Crippen LogP contribution in [0.3, 0.4) is 0 Å². The SMILES string of the molecule is CCOC(=O)c1nn(-c2ccc(S(N)(=O)=O)cc2)c2nc3nccc(-c4ccccc4)c3c(=O)n12. The highest BCUT2D eigenvalue weighted by molar-refractivity contribution is 7.89. The summed E-state index contributed by atoms with van der Waals surface area (Å²) in [4.78, 5) is 35.2. The van der Waals surface area contributed by atoms with E-state index in [-0.39, 0.29) is 34.1 Å². The van der Waals surface area contributed by atoms with Gasteiger partial charge in [-0.3, -0.25) is 4.79 Å². The summed E-state index contributed by atoms with van der Waals surface area (Å²) in [7, 11) is -3.91. The van der Waals surface area contributed by atoms with Crippen molar-refractivity contribution in [2.45, 2.75) is 11.8 Å². The third-order valence-electron chi connectivity index (χ3n) is 5.30. The molecule has 0 aliphatic heterocycles. The zero-order valence-electron chi connectivity index (χ0n) is 18.3. The Bertz CT molecular complexity index is 1760. The molecule has 0 aliphatic rings. The molecule has 0 fully saturated rings. The lowest BCUT2D eigenvalue weighted by Gasteiger charge is -2.07. The summed E-state index contributed by atoms with van der Waals surface area (Å²) in [6, 6.07) is 16.4. The molecular weight excluding hydrogens is 472 g/mol. The first kappa shape index (κ1) is 22.4. The van der Waals surface area contributed by atoms with Gasteiger partial charge >= 0.3 is 5.97 Å². The Morgan fingerprint density at radius 1 is 1.06 bits per heavy atom. The maximum atomic E-state index is 13.8. The number of hydrogen-bond acceptors (Lipinski definition) is 8. The van der Waals surface area contributed by atoms with Crippen LogP contribution in [0.4, 0.5) is 0 Å². The minimum atomic E-state index is -3.91. The first-order valence-corrected chi connectivity index (χ1v) is 12.0. The largest absolute Gasteiger partial charge is 0.460 e. The predicted octanol–water partition coefficient (Wildman–Crippen LogP) is 1.92. The summed E-state index contributed by atoms with van der Waals surface area (Å²) >= 11 is 0. The lowest BCUT2D eigenvalue weighted by Crippen LogP contribution is -2.21. The molecule has 0 saturated carbocycles. The van der Waals surface area contributed by atoms with Crippen molar-refractivity contribution < 1.29 is 17.9 Å². The van der Waals surface area contributed by atoms with Crippen LogP contribution in [0.2, 0.25) is 0 Å². The number of primary sulfonamides is 1. The Hall–Kier alpha value is -4.42. The minimum absolute atomic E-state index is 0.00613. The van der Waals surface area contributed by atoms with Crippen LogP contribution in [0.1, 0.15) is 17.5 Å². The van der Waals surface area contributed by atoms with Gasteiger partial charge in [-0.1, -0.05) is 30.3 Å². The van der Waals surface area contributed by atoms with E-state index in [4.69, 9.17) is 9.88 Å². The van der Waals surface area contributed by atoms with Gasteiger partial charge in [0.25, 0.3) is 5.56 Å². The first-order valence-electron chi connectivity index (χ1n) is 10.5. The van der Waals surface area contributed by atoms with Gasteiger partial charge in [0.2, 0.25) is 21.6 Å². The van der Waals surface area contributed by atoms with E-state index in [2.05, 4.69) is 15.1 Å². The van der Waals surface area contributed by atoms with Crippen molar-refractivity contribution in [3.63, 3.8) is 0 Å². The van der Waals surface area contributed by atoms with Gasteiger partial charge in [0.15, 0.2) is 5.65 Å². The smallest absolute Gasteiger partial charge is 0.376 e. The Kier molecular flexibility index (Phi) is 5.38. The molecule has 0 atom stereocenters. The molecular formula is C23H18N6O5S. The number of esters is 1. The topological polar surface area (TPSA) is 152 Å². The van der Waals surface area contributed by atoms with Crippen LogP contribution >= 0.6 is 0 Å². The minimum Gasteiger partial charge on any atom is -0.460 e. The van der Waals surface area contributed by atoms with Crippen LogP contribution in [0.25, 0.3) is 33.6 Å². The standard InChI is InChI=1S/C23H18N6O5S/c1-2-34-22(31)20-27-29(15-8-10-16(11-9-15)35(24,32)33)23-26-19-18(21(30)28(20)23)17(12-13-25-19)14-6-4-3-5-7-14/h3-13H,2H2,1H3,(H2,24,32,33). The Morgan fingerprint density at radius 3 is 2.43 bits per heavy atom. The van der Waals surface area contributed by atoms with Crippen molar-refractivity contribution in [2.75, 3.05) is 6.61 Å². The summed E-state index contributed by atoms with van der Waals surface area (Å²) in [5.74, 6) is -1.09. The number of fused-ring (bicyclic) bond motifs is 2. The van der Waals surface area contributed by atoms with Gasteiger partial charge in [0, 0.05) is 6.20 Å². The monoisotopic (exact) mass is 490 g/mol. The van der Waals surface area contributed by atoms with E-state index in [0.717, 1.165) is 9.96 Å². The van der Waals surface area contributed by atoms with Gasteiger partial charge in [0.05, 0.1) is 22.6 Å². The molecule has 0 amide bonds. The molecule has 0 aliphatic carbocycles. The van der Waals surface area contributed by atoms with Crippen molar-refractivity contribution in [3.8, 4) is 16.8 Å². The van der Waals surface area contributed by atoms with E-state index in [1.807, 2.05) is 30.3 Å². The normalized spacial score (nSPS) is 11.7. The van der Waals surface area contributed by atoms with Gasteiger partial charge in [-0.15, -0.1) is 5.10 Å². The highest BCUT2D eigenvalue weighted by Gasteiger charge is 2.25. The molecule has 176 valence electrons. The van der Waals surface area contributed by atoms with E-state index in [0.29, 0.717) is 11.3 Å². The third-order valence-corrected chi connectivity index (χ3v) is 6.23. The zero-order valence-corrected chi connectivity index (χ0v) is 19.1. The molecule has 0 saturated heterocycles. The lowest BCUT2D eigenvalue weighted by atomic mass is 10.0. The van der Waals surface area contributed by atoms with Crippen LogP contribution in [0, 0.1) is 0 Å². The molecule has 12 heteroatoms. The molecule has 0 bridgehead atoms. The molecule has 0 radical (unpaired) electrons. The molecule has 3 aromatic heterocycles. The summed E-state index contributed by atoms with van der Waals surface area (Å²) < 4.78 is 30.7. The predicted molar refractivity (Wildman–Crippen MR) is 127 cm³/mol. The number of nitrogens with two attached hydrogens (primary N) is 1. The Balaban J connectivity index is 1.84. The quantitative estimate of drug-likeness (QED) is 0.367. The molecule has 5 aromatic rings. The number of pyridine rings is 1. The number of hydrogen-bond donors (Lipinski definition) is 1. The highest BCUT2D eigenvalue weighted by Crippen LogP contribution is 2.25. The van der Waals surface area contributed by atoms with Gasteiger partial charge < -0.3 is 4.74 Å². The second-order valence-electron chi connectivity index (χ2n) is 7.47. The van der Waals surface area contributed by atoms with Gasteiger partial charge in [-0.25, -0.2) is 27.7 Å². The molecule has 2 N–H and O–H groups in total. The van der Waals surface area contributed by atoms with Crippen LogP contribution in [0.5, 0.6) is 0 Å². The molecule has 3 heterocycles. The number of aromatic nitrogens is 5. The Labute approximate surface area is 198 Å². The van der Waals surface area contributed by atoms with Gasteiger partial charge in [0.1, 0.15) is 0 Å². The number of benzene rings is 2. The summed E-state index contributed by atoms with van der Waals surface area (Å²) in [6.07, 6.45) is 1.54. The molecule has 0 unspecified atom stereocenters. The fraction of sp³-hybridized carbons (Fsp3) is 0.0870. The fourth-order valence-corrected chi connectivity index (χ4v) is 4.26. The van der Waals surface area contributed by atoms with Crippen molar-refractivity contribution in [3.05, 3.63) is 83.0 Å². The zero-order chi connectivity index (χ0) is 24.7. The lowest BCUT2D eigenvalue weighted by molar-refractivity contribution is 0.0509. The van der Waals surface area contributed by atoms with Gasteiger partial charge in [-0.05, 0) is 48.4 Å². The summed E-state index contributed by atoms with van der Waals surface area (Å²) in [5, 5.41) is 9.68. The van der Waals surface area contributed by atoms with E-state index in [9.17, 15) is 18.0 Å². The fourth-order valence-electron chi connectivity index (χ4n) is 3.75. The molecule has 0 spiro atoms. The van der Waals surface area contributed by atoms with Crippen LogP contribution < -0.4 is 10.7 Å². The van der Waals surface area contributed by atoms with E-state index < -0.39 is 21.6 Å². The molecule has 11 nitrogen and oxygen atoms in total. The van der Waals surface area contributed by atoms with Gasteiger partial charge in [-0.2, -0.15) is 9.67 Å². The summed E-state index contributed by atoms with van der Waals surface area (Å²) in [6.45, 7) is 1.71. The molecule has 2 aromatic carbocycles.